The van der Waals surface area contributed by atoms with Crippen molar-refractivity contribution in [2.24, 2.45) is 13.0 Å². The Morgan fingerprint density at radius 1 is 1.32 bits per heavy atom. The van der Waals surface area contributed by atoms with Gasteiger partial charge >= 0.3 is 0 Å². The topological polar surface area (TPSA) is 67.7 Å². The summed E-state index contributed by atoms with van der Waals surface area (Å²) in [5.41, 5.74) is 3.68. The zero-order valence-corrected chi connectivity index (χ0v) is 17.2. The summed E-state index contributed by atoms with van der Waals surface area (Å²) in [5.74, 6) is 0.496. The number of hydrogen-bond acceptors (Lipinski definition) is 4. The fourth-order valence-corrected chi connectivity index (χ4v) is 3.76. The van der Waals surface area contributed by atoms with Gasteiger partial charge in [0.15, 0.2) is 0 Å². The van der Waals surface area contributed by atoms with Gasteiger partial charge in [0, 0.05) is 50.6 Å². The second-order valence-corrected chi connectivity index (χ2v) is 7.44. The van der Waals surface area contributed by atoms with Crippen LogP contribution >= 0.6 is 0 Å². The van der Waals surface area contributed by atoms with Crippen LogP contribution in [0.3, 0.4) is 0 Å². The summed E-state index contributed by atoms with van der Waals surface area (Å²) >= 11 is 0. The molecule has 1 saturated heterocycles. The third-order valence-electron chi connectivity index (χ3n) is 5.57. The number of aryl methyl sites for hydroxylation is 2. The van der Waals surface area contributed by atoms with E-state index in [0.717, 1.165) is 17.0 Å². The van der Waals surface area contributed by atoms with Crippen LogP contribution in [0.15, 0.2) is 24.3 Å². The summed E-state index contributed by atoms with van der Waals surface area (Å²) in [6, 6.07) is 7.12. The van der Waals surface area contributed by atoms with Crippen LogP contribution in [0, 0.1) is 19.8 Å². The highest BCUT2D eigenvalue weighted by molar-refractivity contribution is 5.95. The van der Waals surface area contributed by atoms with Crippen LogP contribution in [0.1, 0.15) is 33.7 Å². The molecule has 2 heterocycles. The molecule has 1 aliphatic rings. The molecule has 3 rings (SSSR count). The predicted molar refractivity (Wildman–Crippen MR) is 106 cm³/mol. The maximum absolute atomic E-state index is 12.9. The van der Waals surface area contributed by atoms with E-state index in [4.69, 9.17) is 4.74 Å². The van der Waals surface area contributed by atoms with Gasteiger partial charge in [0.1, 0.15) is 5.75 Å². The van der Waals surface area contributed by atoms with Crippen molar-refractivity contribution >= 4 is 11.8 Å². The van der Waals surface area contributed by atoms with Gasteiger partial charge in [-0.3, -0.25) is 14.3 Å². The molecular formula is C21H28N4O3. The molecule has 1 atom stereocenters. The van der Waals surface area contributed by atoms with Crippen LogP contribution in [-0.4, -0.2) is 58.6 Å². The zero-order valence-electron chi connectivity index (χ0n) is 17.2. The molecule has 1 aromatic carbocycles. The van der Waals surface area contributed by atoms with Crippen molar-refractivity contribution in [3.05, 3.63) is 46.8 Å². The lowest BCUT2D eigenvalue weighted by Crippen LogP contribution is -2.35. The molecular weight excluding hydrogens is 356 g/mol. The van der Waals surface area contributed by atoms with Crippen molar-refractivity contribution in [2.75, 3.05) is 27.2 Å². The van der Waals surface area contributed by atoms with Gasteiger partial charge in [-0.1, -0.05) is 6.07 Å². The van der Waals surface area contributed by atoms with Crippen molar-refractivity contribution in [1.29, 1.82) is 0 Å². The van der Waals surface area contributed by atoms with E-state index < -0.39 is 0 Å². The highest BCUT2D eigenvalue weighted by Gasteiger charge is 2.33. The first-order valence-corrected chi connectivity index (χ1v) is 9.49. The van der Waals surface area contributed by atoms with E-state index in [1.54, 1.807) is 35.1 Å². The molecule has 0 aliphatic carbocycles. The van der Waals surface area contributed by atoms with E-state index in [2.05, 4.69) is 5.10 Å². The van der Waals surface area contributed by atoms with E-state index >= 15 is 0 Å². The molecule has 7 heteroatoms. The summed E-state index contributed by atoms with van der Waals surface area (Å²) in [5, 5.41) is 4.42. The number of methoxy groups -OCH3 is 1. The van der Waals surface area contributed by atoms with Gasteiger partial charge in [-0.2, -0.15) is 5.10 Å². The van der Waals surface area contributed by atoms with Gasteiger partial charge in [-0.15, -0.1) is 0 Å². The Morgan fingerprint density at radius 3 is 2.71 bits per heavy atom. The molecule has 2 amide bonds. The van der Waals surface area contributed by atoms with Crippen molar-refractivity contribution < 1.29 is 14.3 Å². The Bertz CT molecular complexity index is 890. The minimum atomic E-state index is -0.170. The normalized spacial score (nSPS) is 16.3. The third-order valence-corrected chi connectivity index (χ3v) is 5.57. The SMILES string of the molecule is COc1cccc(C(=O)N2CC[C@H](C(=O)N(C)Cc3c(C)nn(C)c3C)C2)c1. The molecule has 7 nitrogen and oxygen atoms in total. The van der Waals surface area contributed by atoms with Crippen molar-refractivity contribution in [2.45, 2.75) is 26.8 Å². The fourth-order valence-electron chi connectivity index (χ4n) is 3.76. The number of carbonyl (C=O) groups is 2. The molecule has 150 valence electrons. The smallest absolute Gasteiger partial charge is 0.254 e. The second-order valence-electron chi connectivity index (χ2n) is 7.44. The van der Waals surface area contributed by atoms with Gasteiger partial charge in [0.05, 0.1) is 18.7 Å². The first-order valence-electron chi connectivity index (χ1n) is 9.49. The standard InChI is InChI=1S/C21H28N4O3/c1-14-19(15(2)24(4)22-14)13-23(3)20(26)17-9-10-25(12-17)21(27)16-7-6-8-18(11-16)28-5/h6-8,11,17H,9-10,12-13H2,1-5H3/t17-/m0/s1. The summed E-state index contributed by atoms with van der Waals surface area (Å²) in [6.45, 7) is 5.54. The number of ether oxygens (including phenoxy) is 1. The Morgan fingerprint density at radius 2 is 2.07 bits per heavy atom. The summed E-state index contributed by atoms with van der Waals surface area (Å²) < 4.78 is 7.04. The van der Waals surface area contributed by atoms with E-state index in [0.29, 0.717) is 37.4 Å². The average molecular weight is 384 g/mol. The number of carbonyl (C=O) groups excluding carboxylic acids is 2. The number of nitrogens with zero attached hydrogens (tertiary/aromatic N) is 4. The van der Waals surface area contributed by atoms with E-state index in [9.17, 15) is 9.59 Å². The first-order chi connectivity index (χ1) is 13.3. The maximum Gasteiger partial charge on any atom is 0.254 e. The van der Waals surface area contributed by atoms with Crippen LogP contribution in [-0.2, 0) is 18.4 Å². The Kier molecular flexibility index (Phi) is 5.72. The molecule has 0 N–H and O–H groups in total. The Balaban J connectivity index is 1.64. The number of hydrogen-bond donors (Lipinski definition) is 0. The number of amides is 2. The average Bonchev–Trinajstić information content (AvgIpc) is 3.28. The predicted octanol–water partition coefficient (Wildman–Crippen LogP) is 2.17. The van der Waals surface area contributed by atoms with Crippen LogP contribution < -0.4 is 4.74 Å². The Hall–Kier alpha value is -2.83. The molecule has 2 aromatic rings. The zero-order chi connectivity index (χ0) is 20.4. The number of likely N-dealkylation sites (tertiary alicyclic amines) is 1. The molecule has 1 aliphatic heterocycles. The molecule has 0 radical (unpaired) electrons. The van der Waals surface area contributed by atoms with Gasteiger partial charge in [0.2, 0.25) is 5.91 Å². The van der Waals surface area contributed by atoms with Crippen molar-refractivity contribution in [3.63, 3.8) is 0 Å². The van der Waals surface area contributed by atoms with Crippen LogP contribution in [0.4, 0.5) is 0 Å². The van der Waals surface area contributed by atoms with Gasteiger partial charge in [0.25, 0.3) is 5.91 Å². The highest BCUT2D eigenvalue weighted by Crippen LogP contribution is 2.23. The second kappa shape index (κ2) is 8.04. The molecule has 0 spiro atoms. The highest BCUT2D eigenvalue weighted by atomic mass is 16.5. The van der Waals surface area contributed by atoms with Crippen LogP contribution in [0.2, 0.25) is 0 Å². The monoisotopic (exact) mass is 384 g/mol. The number of rotatable bonds is 5. The van der Waals surface area contributed by atoms with Crippen molar-refractivity contribution in [3.8, 4) is 5.75 Å². The van der Waals surface area contributed by atoms with Crippen molar-refractivity contribution in [1.82, 2.24) is 19.6 Å². The van der Waals surface area contributed by atoms with E-state index in [1.165, 1.54) is 0 Å². The van der Waals surface area contributed by atoms with Gasteiger partial charge in [-0.25, -0.2) is 0 Å². The maximum atomic E-state index is 12.9. The van der Waals surface area contributed by atoms with Crippen LogP contribution in [0.25, 0.3) is 0 Å². The molecule has 28 heavy (non-hydrogen) atoms. The molecule has 1 aromatic heterocycles. The van der Waals surface area contributed by atoms with E-state index in [-0.39, 0.29) is 17.7 Å². The van der Waals surface area contributed by atoms with E-state index in [1.807, 2.05) is 38.7 Å². The summed E-state index contributed by atoms with van der Waals surface area (Å²) in [6.07, 6.45) is 0.684. The number of aromatic nitrogens is 2. The molecule has 1 fully saturated rings. The fraction of sp³-hybridized carbons (Fsp3) is 0.476. The molecule has 0 bridgehead atoms. The van der Waals surface area contributed by atoms with Crippen LogP contribution in [0.5, 0.6) is 5.75 Å². The van der Waals surface area contributed by atoms with Gasteiger partial charge in [-0.05, 0) is 38.5 Å². The lowest BCUT2D eigenvalue weighted by Gasteiger charge is -2.22. The molecule has 0 unspecified atom stereocenters. The Labute approximate surface area is 165 Å². The summed E-state index contributed by atoms with van der Waals surface area (Å²) in [7, 11) is 5.31. The number of benzene rings is 1. The lowest BCUT2D eigenvalue weighted by atomic mass is 10.1. The minimum absolute atomic E-state index is 0.0594. The summed E-state index contributed by atoms with van der Waals surface area (Å²) in [4.78, 5) is 29.2. The quantitative estimate of drug-likeness (QED) is 0.792. The molecule has 0 saturated carbocycles. The first kappa shape index (κ1) is 19.9. The largest absolute Gasteiger partial charge is 0.497 e. The third kappa shape index (κ3) is 3.88. The van der Waals surface area contributed by atoms with Gasteiger partial charge < -0.3 is 14.5 Å². The lowest BCUT2D eigenvalue weighted by molar-refractivity contribution is -0.134. The minimum Gasteiger partial charge on any atom is -0.497 e.